The zero-order valence-electron chi connectivity index (χ0n) is 20.6. The molecule has 1 N–H and O–H groups in total. The summed E-state index contributed by atoms with van der Waals surface area (Å²) in [4.78, 5) is 29.9. The van der Waals surface area contributed by atoms with E-state index in [1.807, 2.05) is 63.2 Å². The predicted molar refractivity (Wildman–Crippen MR) is 131 cm³/mol. The van der Waals surface area contributed by atoms with Crippen molar-refractivity contribution in [2.45, 2.75) is 39.7 Å². The van der Waals surface area contributed by atoms with Crippen molar-refractivity contribution < 1.29 is 19.4 Å². The molecule has 3 rings (SSSR count). The summed E-state index contributed by atoms with van der Waals surface area (Å²) in [6, 6.07) is 11.0. The Morgan fingerprint density at radius 2 is 1.76 bits per heavy atom. The second-order valence-electron chi connectivity index (χ2n) is 9.28. The van der Waals surface area contributed by atoms with Gasteiger partial charge in [-0.25, -0.2) is 0 Å². The van der Waals surface area contributed by atoms with Crippen molar-refractivity contribution in [1.82, 2.24) is 9.80 Å². The van der Waals surface area contributed by atoms with Crippen LogP contribution in [0.25, 0.3) is 5.76 Å². The largest absolute Gasteiger partial charge is 0.507 e. The Labute approximate surface area is 196 Å². The fraction of sp³-hybridized carbons (Fsp3) is 0.407. The molecule has 6 nitrogen and oxygen atoms in total. The quantitative estimate of drug-likeness (QED) is 0.384. The molecule has 2 aromatic rings. The third kappa shape index (κ3) is 4.81. The maximum absolute atomic E-state index is 13.2. The van der Waals surface area contributed by atoms with E-state index in [1.54, 1.807) is 11.0 Å². The van der Waals surface area contributed by atoms with E-state index in [0.29, 0.717) is 30.3 Å². The van der Waals surface area contributed by atoms with Gasteiger partial charge in [-0.1, -0.05) is 44.2 Å². The highest BCUT2D eigenvalue weighted by atomic mass is 16.5. The van der Waals surface area contributed by atoms with E-state index in [-0.39, 0.29) is 11.3 Å². The van der Waals surface area contributed by atoms with Crippen LogP contribution in [0.2, 0.25) is 0 Å². The molecule has 1 fully saturated rings. The Hall–Kier alpha value is -3.12. The second kappa shape index (κ2) is 9.79. The van der Waals surface area contributed by atoms with Gasteiger partial charge >= 0.3 is 0 Å². The lowest BCUT2D eigenvalue weighted by molar-refractivity contribution is -0.140. The lowest BCUT2D eigenvalue weighted by atomic mass is 9.92. The number of likely N-dealkylation sites (N-methyl/N-ethyl adjacent to an activating group) is 1. The van der Waals surface area contributed by atoms with Crippen LogP contribution in [0.4, 0.5) is 0 Å². The molecule has 0 bridgehead atoms. The van der Waals surface area contributed by atoms with Crippen LogP contribution in [-0.4, -0.2) is 60.9 Å². The summed E-state index contributed by atoms with van der Waals surface area (Å²) in [7, 11) is 5.37. The number of aliphatic hydroxyl groups is 1. The first-order chi connectivity index (χ1) is 15.6. The van der Waals surface area contributed by atoms with Gasteiger partial charge in [0, 0.05) is 13.1 Å². The summed E-state index contributed by atoms with van der Waals surface area (Å²) in [6.45, 7) is 9.01. The SMILES string of the molecule is COc1c(C)cc(C)cc1/C(O)=C1\C(=O)C(=O)N(CCN(C)C)C1c1ccc(C(C)C)cc1. The summed E-state index contributed by atoms with van der Waals surface area (Å²) < 4.78 is 5.55. The smallest absolute Gasteiger partial charge is 0.295 e. The molecule has 0 aromatic heterocycles. The van der Waals surface area contributed by atoms with Crippen LogP contribution in [0, 0.1) is 13.8 Å². The van der Waals surface area contributed by atoms with Crippen molar-refractivity contribution in [2.24, 2.45) is 0 Å². The number of methoxy groups -OCH3 is 1. The van der Waals surface area contributed by atoms with Crippen LogP contribution in [0.15, 0.2) is 42.0 Å². The van der Waals surface area contributed by atoms with Gasteiger partial charge in [-0.3, -0.25) is 9.59 Å². The minimum atomic E-state index is -0.676. The lowest BCUT2D eigenvalue weighted by Gasteiger charge is -2.27. The van der Waals surface area contributed by atoms with Crippen molar-refractivity contribution in [1.29, 1.82) is 0 Å². The standard InChI is InChI=1S/C27H34N2O4/c1-16(2)19-8-10-20(11-9-19)23-22(25(31)27(32)29(23)13-12-28(5)6)24(30)21-15-17(3)14-18(4)26(21)33-7/h8-11,14-16,23,30H,12-13H2,1-7H3/b24-22+. The molecular weight excluding hydrogens is 416 g/mol. The summed E-state index contributed by atoms with van der Waals surface area (Å²) in [6.07, 6.45) is 0. The van der Waals surface area contributed by atoms with Gasteiger partial charge in [0.05, 0.1) is 24.3 Å². The molecule has 1 unspecified atom stereocenters. The van der Waals surface area contributed by atoms with Crippen LogP contribution in [0.1, 0.15) is 53.6 Å². The minimum absolute atomic E-state index is 0.0966. The Balaban J connectivity index is 2.23. The van der Waals surface area contributed by atoms with Crippen LogP contribution >= 0.6 is 0 Å². The second-order valence-corrected chi connectivity index (χ2v) is 9.28. The number of aliphatic hydroxyl groups excluding tert-OH is 1. The van der Waals surface area contributed by atoms with E-state index in [0.717, 1.165) is 16.7 Å². The average molecular weight is 451 g/mol. The maximum atomic E-state index is 13.2. The number of carbonyl (C=O) groups excluding carboxylic acids is 2. The number of carbonyl (C=O) groups is 2. The van der Waals surface area contributed by atoms with Crippen molar-refractivity contribution in [2.75, 3.05) is 34.3 Å². The van der Waals surface area contributed by atoms with E-state index in [2.05, 4.69) is 13.8 Å². The Bertz CT molecular complexity index is 1080. The maximum Gasteiger partial charge on any atom is 0.295 e. The molecule has 176 valence electrons. The van der Waals surface area contributed by atoms with E-state index < -0.39 is 17.7 Å². The summed E-state index contributed by atoms with van der Waals surface area (Å²) >= 11 is 0. The third-order valence-electron chi connectivity index (χ3n) is 6.13. The molecule has 1 saturated heterocycles. The van der Waals surface area contributed by atoms with Gasteiger partial charge in [-0.05, 0) is 62.2 Å². The summed E-state index contributed by atoms with van der Waals surface area (Å²) in [5, 5.41) is 11.4. The van der Waals surface area contributed by atoms with Gasteiger partial charge in [-0.2, -0.15) is 0 Å². The number of rotatable bonds is 7. The highest BCUT2D eigenvalue weighted by Crippen LogP contribution is 2.41. The van der Waals surface area contributed by atoms with Gasteiger partial charge in [0.2, 0.25) is 0 Å². The number of amides is 1. The summed E-state index contributed by atoms with van der Waals surface area (Å²) in [5.41, 5.74) is 4.25. The third-order valence-corrected chi connectivity index (χ3v) is 6.13. The molecule has 1 amide bonds. The molecule has 0 saturated carbocycles. The van der Waals surface area contributed by atoms with Crippen molar-refractivity contribution in [3.63, 3.8) is 0 Å². The molecule has 1 aliphatic rings. The number of aryl methyl sites for hydroxylation is 2. The lowest BCUT2D eigenvalue weighted by Crippen LogP contribution is -2.35. The van der Waals surface area contributed by atoms with Crippen LogP contribution in [0.5, 0.6) is 5.75 Å². The number of benzene rings is 2. The predicted octanol–water partition coefficient (Wildman–Crippen LogP) is 4.42. The van der Waals surface area contributed by atoms with Gasteiger partial charge < -0.3 is 19.6 Å². The molecule has 0 spiro atoms. The molecule has 0 aliphatic carbocycles. The first-order valence-electron chi connectivity index (χ1n) is 11.2. The van der Waals surface area contributed by atoms with Gasteiger partial charge in [0.1, 0.15) is 11.5 Å². The number of ketones is 1. The van der Waals surface area contributed by atoms with E-state index in [1.165, 1.54) is 12.7 Å². The highest BCUT2D eigenvalue weighted by Gasteiger charge is 2.46. The van der Waals surface area contributed by atoms with E-state index >= 15 is 0 Å². The molecule has 6 heteroatoms. The summed E-state index contributed by atoms with van der Waals surface area (Å²) in [5.74, 6) is -0.627. The number of likely N-dealkylation sites (tertiary alicyclic amines) is 1. The molecule has 1 heterocycles. The van der Waals surface area contributed by atoms with E-state index in [4.69, 9.17) is 4.74 Å². The Morgan fingerprint density at radius 3 is 2.30 bits per heavy atom. The zero-order chi connectivity index (χ0) is 24.4. The van der Waals surface area contributed by atoms with Crippen molar-refractivity contribution in [3.05, 3.63) is 69.8 Å². The zero-order valence-corrected chi connectivity index (χ0v) is 20.6. The Morgan fingerprint density at radius 1 is 1.12 bits per heavy atom. The molecule has 2 aromatic carbocycles. The molecular formula is C27H34N2O4. The molecule has 0 radical (unpaired) electrons. The fourth-order valence-corrected chi connectivity index (χ4v) is 4.37. The normalized spacial score (nSPS) is 18.0. The molecule has 1 atom stereocenters. The number of nitrogens with zero attached hydrogens (tertiary/aromatic N) is 2. The van der Waals surface area contributed by atoms with Crippen LogP contribution in [0.3, 0.4) is 0 Å². The first kappa shape index (κ1) is 24.5. The Kier molecular flexibility index (Phi) is 7.28. The fourth-order valence-electron chi connectivity index (χ4n) is 4.37. The van der Waals surface area contributed by atoms with Gasteiger partial charge in [0.15, 0.2) is 0 Å². The monoisotopic (exact) mass is 450 g/mol. The number of Topliss-reactive ketones (excluding diaryl/α,β-unsaturated/α-hetero) is 1. The van der Waals surface area contributed by atoms with Gasteiger partial charge in [0.25, 0.3) is 11.7 Å². The highest BCUT2D eigenvalue weighted by molar-refractivity contribution is 6.46. The van der Waals surface area contributed by atoms with E-state index in [9.17, 15) is 14.7 Å². The average Bonchev–Trinajstić information content (AvgIpc) is 3.01. The van der Waals surface area contributed by atoms with Crippen molar-refractivity contribution >= 4 is 17.4 Å². The number of ether oxygens (including phenoxy) is 1. The molecule has 33 heavy (non-hydrogen) atoms. The van der Waals surface area contributed by atoms with Crippen molar-refractivity contribution in [3.8, 4) is 5.75 Å². The van der Waals surface area contributed by atoms with Crippen LogP contribution < -0.4 is 4.74 Å². The molecule has 1 aliphatic heterocycles. The number of hydrogen-bond donors (Lipinski definition) is 1. The van der Waals surface area contributed by atoms with Gasteiger partial charge in [-0.15, -0.1) is 0 Å². The number of hydrogen-bond acceptors (Lipinski definition) is 5. The van der Waals surface area contributed by atoms with Crippen LogP contribution in [-0.2, 0) is 9.59 Å². The minimum Gasteiger partial charge on any atom is -0.507 e. The topological polar surface area (TPSA) is 70.1 Å². The first-order valence-corrected chi connectivity index (χ1v) is 11.2.